The lowest BCUT2D eigenvalue weighted by Gasteiger charge is -2.24. The Bertz CT molecular complexity index is 316. The molecule has 0 spiro atoms. The summed E-state index contributed by atoms with van der Waals surface area (Å²) in [5, 5.41) is 0. The summed E-state index contributed by atoms with van der Waals surface area (Å²) in [6.07, 6.45) is 4.41. The van der Waals surface area contributed by atoms with E-state index in [1.807, 2.05) is 30.3 Å². The molecule has 0 fully saturated rings. The van der Waals surface area contributed by atoms with Crippen LogP contribution in [-0.4, -0.2) is 19.1 Å². The zero-order valence-corrected chi connectivity index (χ0v) is 10.1. The van der Waals surface area contributed by atoms with Crippen LogP contribution in [0.15, 0.2) is 30.3 Å². The van der Waals surface area contributed by atoms with Gasteiger partial charge < -0.3 is 11.5 Å². The number of rotatable bonds is 8. The van der Waals surface area contributed by atoms with E-state index in [4.69, 9.17) is 11.5 Å². The lowest BCUT2D eigenvalue weighted by atomic mass is 10.1. The van der Waals surface area contributed by atoms with Gasteiger partial charge in [0.15, 0.2) is 0 Å². The molecule has 4 N–H and O–H groups in total. The number of amides is 1. The predicted octanol–water partition coefficient (Wildman–Crippen LogP) is 1.45. The Morgan fingerprint density at radius 1 is 1.18 bits per heavy atom. The number of hydrogen-bond acceptors (Lipinski definition) is 3. The summed E-state index contributed by atoms with van der Waals surface area (Å²) in [6.45, 7) is 0.714. The zero-order chi connectivity index (χ0) is 12.5. The molecule has 0 aromatic heterocycles. The topological polar surface area (TPSA) is 72.3 Å². The third-order valence-corrected chi connectivity index (χ3v) is 2.73. The van der Waals surface area contributed by atoms with Crippen LogP contribution in [0.4, 0.5) is 5.69 Å². The fourth-order valence-corrected chi connectivity index (χ4v) is 1.74. The van der Waals surface area contributed by atoms with Gasteiger partial charge in [-0.3, -0.25) is 9.69 Å². The first kappa shape index (κ1) is 13.7. The first-order chi connectivity index (χ1) is 8.29. The molecule has 0 aliphatic carbocycles. The third kappa shape index (κ3) is 4.54. The van der Waals surface area contributed by atoms with Crippen LogP contribution in [0, 0.1) is 0 Å². The van der Waals surface area contributed by atoms with Gasteiger partial charge in [-0.25, -0.2) is 0 Å². The summed E-state index contributed by atoms with van der Waals surface area (Å²) in [6, 6.07) is 9.47. The standard InChI is InChI=1S/C13H21N3O/c14-10-6-2-5-9-13(15)16(11-17)12-7-3-1-4-8-12/h1,3-4,7-8,11,13H,2,5-6,9-10,14-15H2. The maximum absolute atomic E-state index is 11.1. The molecule has 0 heterocycles. The van der Waals surface area contributed by atoms with E-state index < -0.39 is 0 Å². The fourth-order valence-electron chi connectivity index (χ4n) is 1.74. The van der Waals surface area contributed by atoms with Crippen LogP contribution in [0.25, 0.3) is 0 Å². The van der Waals surface area contributed by atoms with Gasteiger partial charge in [-0.15, -0.1) is 0 Å². The Labute approximate surface area is 103 Å². The molecular weight excluding hydrogens is 214 g/mol. The minimum atomic E-state index is -0.257. The maximum Gasteiger partial charge on any atom is 0.215 e. The zero-order valence-electron chi connectivity index (χ0n) is 10.1. The van der Waals surface area contributed by atoms with Gasteiger partial charge in [0.25, 0.3) is 0 Å². The summed E-state index contributed by atoms with van der Waals surface area (Å²) < 4.78 is 0. The number of carbonyl (C=O) groups is 1. The van der Waals surface area contributed by atoms with Gasteiger partial charge in [0.2, 0.25) is 6.41 Å². The van der Waals surface area contributed by atoms with E-state index in [1.165, 1.54) is 0 Å². The molecule has 4 nitrogen and oxygen atoms in total. The molecule has 0 radical (unpaired) electrons. The molecule has 0 aliphatic heterocycles. The number of anilines is 1. The van der Waals surface area contributed by atoms with Crippen LogP contribution >= 0.6 is 0 Å². The van der Waals surface area contributed by atoms with Crippen molar-refractivity contribution in [3.8, 4) is 0 Å². The predicted molar refractivity (Wildman–Crippen MR) is 70.5 cm³/mol. The highest BCUT2D eigenvalue weighted by Crippen LogP contribution is 2.15. The minimum Gasteiger partial charge on any atom is -0.330 e. The molecule has 1 aromatic carbocycles. The molecule has 0 saturated carbocycles. The van der Waals surface area contributed by atoms with Gasteiger partial charge in [-0.1, -0.05) is 24.6 Å². The molecule has 0 saturated heterocycles. The number of benzene rings is 1. The van der Waals surface area contributed by atoms with E-state index in [2.05, 4.69) is 0 Å². The molecule has 94 valence electrons. The molecule has 0 bridgehead atoms. The van der Waals surface area contributed by atoms with Crippen molar-refractivity contribution >= 4 is 12.1 Å². The molecule has 1 atom stereocenters. The normalized spacial score (nSPS) is 12.1. The second-order valence-corrected chi connectivity index (χ2v) is 4.05. The van der Waals surface area contributed by atoms with E-state index >= 15 is 0 Å². The Kier molecular flexibility index (Phi) is 6.29. The molecular formula is C13H21N3O. The van der Waals surface area contributed by atoms with E-state index in [9.17, 15) is 4.79 Å². The van der Waals surface area contributed by atoms with Crippen molar-refractivity contribution in [1.82, 2.24) is 0 Å². The van der Waals surface area contributed by atoms with Crippen molar-refractivity contribution in [1.29, 1.82) is 0 Å². The van der Waals surface area contributed by atoms with E-state index in [-0.39, 0.29) is 6.17 Å². The number of nitrogens with zero attached hydrogens (tertiary/aromatic N) is 1. The molecule has 4 heteroatoms. The Balaban J connectivity index is 2.47. The van der Waals surface area contributed by atoms with Crippen molar-refractivity contribution in [3.63, 3.8) is 0 Å². The summed E-state index contributed by atoms with van der Waals surface area (Å²) in [4.78, 5) is 12.6. The minimum absolute atomic E-state index is 0.257. The van der Waals surface area contributed by atoms with Crippen molar-refractivity contribution in [2.75, 3.05) is 11.4 Å². The lowest BCUT2D eigenvalue weighted by molar-refractivity contribution is -0.107. The lowest BCUT2D eigenvalue weighted by Crippen LogP contribution is -2.41. The molecule has 1 amide bonds. The summed E-state index contributed by atoms with van der Waals surface area (Å²) in [7, 11) is 0. The molecule has 1 aromatic rings. The number of carbonyl (C=O) groups excluding carboxylic acids is 1. The maximum atomic E-state index is 11.1. The smallest absolute Gasteiger partial charge is 0.215 e. The number of hydrogen-bond donors (Lipinski definition) is 2. The van der Waals surface area contributed by atoms with Crippen LogP contribution < -0.4 is 16.4 Å². The van der Waals surface area contributed by atoms with E-state index in [0.717, 1.165) is 37.8 Å². The number of nitrogens with two attached hydrogens (primary N) is 2. The first-order valence-electron chi connectivity index (χ1n) is 6.04. The van der Waals surface area contributed by atoms with Gasteiger partial charge >= 0.3 is 0 Å². The van der Waals surface area contributed by atoms with Crippen LogP contribution in [0.2, 0.25) is 0 Å². The summed E-state index contributed by atoms with van der Waals surface area (Å²) in [5.41, 5.74) is 12.3. The highest BCUT2D eigenvalue weighted by Gasteiger charge is 2.13. The molecule has 1 unspecified atom stereocenters. The monoisotopic (exact) mass is 235 g/mol. The van der Waals surface area contributed by atoms with Crippen molar-refractivity contribution < 1.29 is 4.79 Å². The molecule has 17 heavy (non-hydrogen) atoms. The Hall–Kier alpha value is -1.39. The first-order valence-corrected chi connectivity index (χ1v) is 6.04. The summed E-state index contributed by atoms with van der Waals surface area (Å²) >= 11 is 0. The second-order valence-electron chi connectivity index (χ2n) is 4.05. The second kappa shape index (κ2) is 7.81. The fraction of sp³-hybridized carbons (Fsp3) is 0.462. The highest BCUT2D eigenvalue weighted by atomic mass is 16.1. The van der Waals surface area contributed by atoms with Gasteiger partial charge in [0.1, 0.15) is 0 Å². The van der Waals surface area contributed by atoms with E-state index in [0.29, 0.717) is 6.54 Å². The average Bonchev–Trinajstić information content (AvgIpc) is 2.37. The van der Waals surface area contributed by atoms with Crippen molar-refractivity contribution in [2.24, 2.45) is 11.5 Å². The van der Waals surface area contributed by atoms with Gasteiger partial charge in [-0.05, 0) is 37.9 Å². The highest BCUT2D eigenvalue weighted by molar-refractivity contribution is 5.75. The largest absolute Gasteiger partial charge is 0.330 e. The van der Waals surface area contributed by atoms with Crippen LogP contribution in [0.1, 0.15) is 25.7 Å². The molecule has 1 rings (SSSR count). The van der Waals surface area contributed by atoms with Crippen LogP contribution in [0.3, 0.4) is 0 Å². The van der Waals surface area contributed by atoms with E-state index in [1.54, 1.807) is 4.90 Å². The van der Waals surface area contributed by atoms with Crippen molar-refractivity contribution in [3.05, 3.63) is 30.3 Å². The van der Waals surface area contributed by atoms with Crippen LogP contribution in [-0.2, 0) is 4.79 Å². The Morgan fingerprint density at radius 3 is 2.47 bits per heavy atom. The van der Waals surface area contributed by atoms with Gasteiger partial charge in [-0.2, -0.15) is 0 Å². The number of para-hydroxylation sites is 1. The Morgan fingerprint density at radius 2 is 1.88 bits per heavy atom. The molecule has 0 aliphatic rings. The van der Waals surface area contributed by atoms with Crippen molar-refractivity contribution in [2.45, 2.75) is 31.8 Å². The van der Waals surface area contributed by atoms with Gasteiger partial charge in [0, 0.05) is 5.69 Å². The van der Waals surface area contributed by atoms with Gasteiger partial charge in [0.05, 0.1) is 6.17 Å². The SMILES string of the molecule is NCCCCCC(N)N(C=O)c1ccccc1. The number of unbranched alkanes of at least 4 members (excludes halogenated alkanes) is 2. The quantitative estimate of drug-likeness (QED) is 0.407. The third-order valence-electron chi connectivity index (χ3n) is 2.73. The van der Waals surface area contributed by atoms with Crippen LogP contribution in [0.5, 0.6) is 0 Å². The average molecular weight is 235 g/mol. The summed E-state index contributed by atoms with van der Waals surface area (Å²) in [5.74, 6) is 0.